The van der Waals surface area contributed by atoms with Crippen molar-refractivity contribution in [2.24, 2.45) is 0 Å². The second-order valence-electron chi connectivity index (χ2n) is 16.1. The first kappa shape index (κ1) is 35.7. The van der Waals surface area contributed by atoms with Gasteiger partial charge in [-0.25, -0.2) is 0 Å². The van der Waals surface area contributed by atoms with Gasteiger partial charge in [-0.1, -0.05) is 182 Å². The smallest absolute Gasteiger partial charge is 0.0541 e. The van der Waals surface area contributed by atoms with Crippen molar-refractivity contribution in [2.75, 3.05) is 0 Å². The summed E-state index contributed by atoms with van der Waals surface area (Å²) in [5, 5.41) is 5.01. The SMILES string of the molecule is c1ccc(-c2ccc(-c3ccc(-n4c5ccccc5c5cc(-c6ccc(-c7ccccc7-c7ccc8c(c7)c7ccccc7n8-c7ccccc7)cc6)ccc54)cc3)cc2)cc1. The predicted molar refractivity (Wildman–Crippen MR) is 262 cm³/mol. The Kier molecular flexibility index (Phi) is 8.53. The Labute approximate surface area is 360 Å². The number of hydrogen-bond donors (Lipinski definition) is 0. The van der Waals surface area contributed by atoms with Crippen molar-refractivity contribution in [3.63, 3.8) is 0 Å². The first-order chi connectivity index (χ1) is 30.7. The van der Waals surface area contributed by atoms with Gasteiger partial charge >= 0.3 is 0 Å². The van der Waals surface area contributed by atoms with Crippen LogP contribution in [-0.4, -0.2) is 9.13 Å². The lowest BCUT2D eigenvalue weighted by Gasteiger charge is -2.12. The fraction of sp³-hybridized carbons (Fsp3) is 0. The summed E-state index contributed by atoms with van der Waals surface area (Å²) in [5.74, 6) is 0. The average Bonchev–Trinajstić information content (AvgIpc) is 3.87. The second-order valence-corrected chi connectivity index (χ2v) is 16.1. The quantitative estimate of drug-likeness (QED) is 0.152. The van der Waals surface area contributed by atoms with Crippen LogP contribution < -0.4 is 0 Å². The largest absolute Gasteiger partial charge is 0.309 e. The summed E-state index contributed by atoms with van der Waals surface area (Å²) in [4.78, 5) is 0. The number of nitrogens with zero attached hydrogens (tertiary/aromatic N) is 2. The summed E-state index contributed by atoms with van der Waals surface area (Å²) >= 11 is 0. The molecule has 10 aromatic carbocycles. The van der Waals surface area contributed by atoms with E-state index < -0.39 is 0 Å². The van der Waals surface area contributed by atoms with E-state index in [0.717, 1.165) is 5.69 Å². The van der Waals surface area contributed by atoms with Gasteiger partial charge in [-0.15, -0.1) is 0 Å². The first-order valence-electron chi connectivity index (χ1n) is 21.3. The van der Waals surface area contributed by atoms with E-state index in [4.69, 9.17) is 0 Å². The minimum Gasteiger partial charge on any atom is -0.309 e. The van der Waals surface area contributed by atoms with Crippen molar-refractivity contribution >= 4 is 43.6 Å². The number of hydrogen-bond acceptors (Lipinski definition) is 0. The zero-order valence-electron chi connectivity index (χ0n) is 34.0. The molecule has 0 amide bonds. The van der Waals surface area contributed by atoms with Crippen LogP contribution in [0.2, 0.25) is 0 Å². The van der Waals surface area contributed by atoms with Crippen LogP contribution >= 0.6 is 0 Å². The highest BCUT2D eigenvalue weighted by Gasteiger charge is 2.16. The van der Waals surface area contributed by atoms with Crippen LogP contribution in [0.1, 0.15) is 0 Å². The molecule has 12 aromatic rings. The monoisotopic (exact) mass is 788 g/mol. The third-order valence-corrected chi connectivity index (χ3v) is 12.6. The highest BCUT2D eigenvalue weighted by Crippen LogP contribution is 2.40. The van der Waals surface area contributed by atoms with Gasteiger partial charge in [0.15, 0.2) is 0 Å². The van der Waals surface area contributed by atoms with Gasteiger partial charge in [0.25, 0.3) is 0 Å². The highest BCUT2D eigenvalue weighted by atomic mass is 15.0. The second kappa shape index (κ2) is 14.8. The lowest BCUT2D eigenvalue weighted by molar-refractivity contribution is 1.18. The molecule has 0 spiro atoms. The summed E-state index contributed by atoms with van der Waals surface area (Å²) in [6.07, 6.45) is 0. The normalized spacial score (nSPS) is 11.5. The van der Waals surface area contributed by atoms with Gasteiger partial charge in [-0.05, 0) is 116 Å². The fourth-order valence-corrected chi connectivity index (χ4v) is 9.54. The molecular weight excluding hydrogens is 749 g/mol. The lowest BCUT2D eigenvalue weighted by atomic mass is 9.92. The Balaban J connectivity index is 0.866. The van der Waals surface area contributed by atoms with Crippen molar-refractivity contribution in [3.05, 3.63) is 243 Å². The summed E-state index contributed by atoms with van der Waals surface area (Å²) < 4.78 is 4.77. The van der Waals surface area contributed by atoms with E-state index in [0.29, 0.717) is 0 Å². The third kappa shape index (κ3) is 6.04. The Morgan fingerprint density at radius 1 is 0.194 bits per heavy atom. The molecule has 12 rings (SSSR count). The van der Waals surface area contributed by atoms with E-state index in [1.54, 1.807) is 0 Å². The standard InChI is InChI=1S/C60H40N2/c1-3-13-41(14-4-1)42-23-25-43(26-24-42)44-31-35-50(36-32-44)62-58-22-12-9-19-53(58)55-39-47(33-37-59(55)62)45-27-29-46(30-28-45)51-17-7-8-18-52(51)48-34-38-60-56(40-48)54-20-10-11-21-57(54)61(60)49-15-5-2-6-16-49/h1-40H. The summed E-state index contributed by atoms with van der Waals surface area (Å²) in [7, 11) is 0. The van der Waals surface area contributed by atoms with E-state index in [2.05, 4.69) is 252 Å². The molecule has 62 heavy (non-hydrogen) atoms. The van der Waals surface area contributed by atoms with Gasteiger partial charge in [-0.3, -0.25) is 0 Å². The topological polar surface area (TPSA) is 9.86 Å². The zero-order valence-corrected chi connectivity index (χ0v) is 34.0. The molecule has 0 unspecified atom stereocenters. The Hall–Kier alpha value is -8.20. The molecule has 0 aliphatic carbocycles. The van der Waals surface area contributed by atoms with E-state index in [9.17, 15) is 0 Å². The average molecular weight is 789 g/mol. The molecule has 0 saturated heterocycles. The maximum atomic E-state index is 2.40. The van der Waals surface area contributed by atoms with Crippen LogP contribution in [0.3, 0.4) is 0 Å². The van der Waals surface area contributed by atoms with E-state index in [-0.39, 0.29) is 0 Å². The minimum absolute atomic E-state index is 1.15. The maximum absolute atomic E-state index is 2.40. The van der Waals surface area contributed by atoms with Crippen molar-refractivity contribution in [3.8, 4) is 67.0 Å². The molecule has 2 aromatic heterocycles. The number of rotatable bonds is 7. The van der Waals surface area contributed by atoms with Crippen molar-refractivity contribution in [1.82, 2.24) is 9.13 Å². The Morgan fingerprint density at radius 2 is 0.532 bits per heavy atom. The summed E-state index contributed by atoms with van der Waals surface area (Å²) in [5.41, 5.74) is 19.3. The molecule has 0 saturated carbocycles. The number of aromatic nitrogens is 2. The summed E-state index contributed by atoms with van der Waals surface area (Å²) in [6.45, 7) is 0. The number of para-hydroxylation sites is 3. The van der Waals surface area contributed by atoms with Crippen LogP contribution in [0.25, 0.3) is 111 Å². The molecule has 2 heteroatoms. The predicted octanol–water partition coefficient (Wildman–Crippen LogP) is 16.2. The zero-order chi connectivity index (χ0) is 41.0. The first-order valence-corrected chi connectivity index (χ1v) is 21.3. The van der Waals surface area contributed by atoms with E-state index >= 15 is 0 Å². The Morgan fingerprint density at radius 3 is 1.10 bits per heavy atom. The van der Waals surface area contributed by atoms with Gasteiger partial charge in [0, 0.05) is 32.9 Å². The van der Waals surface area contributed by atoms with Gasteiger partial charge in [0.05, 0.1) is 22.1 Å². The van der Waals surface area contributed by atoms with E-state index in [1.807, 2.05) is 0 Å². The lowest BCUT2D eigenvalue weighted by Crippen LogP contribution is -1.93. The molecule has 0 aliphatic rings. The van der Waals surface area contributed by atoms with Gasteiger partial charge in [-0.2, -0.15) is 0 Å². The molecule has 0 bridgehead atoms. The van der Waals surface area contributed by atoms with Gasteiger partial charge in [0.1, 0.15) is 0 Å². The van der Waals surface area contributed by atoms with Crippen LogP contribution in [0.4, 0.5) is 0 Å². The molecule has 0 aliphatic heterocycles. The van der Waals surface area contributed by atoms with Crippen molar-refractivity contribution < 1.29 is 0 Å². The van der Waals surface area contributed by atoms with Gasteiger partial charge in [0.2, 0.25) is 0 Å². The molecule has 2 heterocycles. The highest BCUT2D eigenvalue weighted by molar-refractivity contribution is 6.12. The molecule has 0 fully saturated rings. The van der Waals surface area contributed by atoms with Crippen LogP contribution in [-0.2, 0) is 0 Å². The van der Waals surface area contributed by atoms with Crippen molar-refractivity contribution in [2.45, 2.75) is 0 Å². The van der Waals surface area contributed by atoms with Crippen molar-refractivity contribution in [1.29, 1.82) is 0 Å². The molecule has 0 atom stereocenters. The number of fused-ring (bicyclic) bond motifs is 6. The molecule has 0 radical (unpaired) electrons. The van der Waals surface area contributed by atoms with E-state index in [1.165, 1.54) is 105 Å². The third-order valence-electron chi connectivity index (χ3n) is 12.6. The molecule has 290 valence electrons. The minimum atomic E-state index is 1.15. The molecule has 2 nitrogen and oxygen atoms in total. The number of benzene rings is 10. The summed E-state index contributed by atoms with van der Waals surface area (Å²) in [6, 6.07) is 88.3. The van der Waals surface area contributed by atoms with Crippen LogP contribution in [0, 0.1) is 0 Å². The molecule has 0 N–H and O–H groups in total. The molecular formula is C60H40N2. The van der Waals surface area contributed by atoms with Crippen LogP contribution in [0.15, 0.2) is 243 Å². The Bertz CT molecular complexity index is 3580. The fourth-order valence-electron chi connectivity index (χ4n) is 9.54. The van der Waals surface area contributed by atoms with Gasteiger partial charge < -0.3 is 9.13 Å². The van der Waals surface area contributed by atoms with Crippen LogP contribution in [0.5, 0.6) is 0 Å². The maximum Gasteiger partial charge on any atom is 0.0541 e.